The normalized spacial score (nSPS) is 16.8. The lowest BCUT2D eigenvalue weighted by atomic mass is 9.90. The van der Waals surface area contributed by atoms with Crippen molar-refractivity contribution in [1.82, 2.24) is 20.6 Å². The molecule has 4 rings (SSSR count). The van der Waals surface area contributed by atoms with Gasteiger partial charge in [0.2, 0.25) is 11.9 Å². The third-order valence-corrected chi connectivity index (χ3v) is 9.65. The number of carbonyl (C=O) groups is 2. The van der Waals surface area contributed by atoms with Crippen molar-refractivity contribution in [3.63, 3.8) is 0 Å². The van der Waals surface area contributed by atoms with Gasteiger partial charge in [-0.1, -0.05) is 23.7 Å². The summed E-state index contributed by atoms with van der Waals surface area (Å²) in [6.45, 7) is 4.70. The Balaban J connectivity index is 1.54. The molecule has 0 radical (unpaired) electrons. The number of amides is 2. The molecule has 3 aromatic rings. The molecule has 0 spiro atoms. The van der Waals surface area contributed by atoms with E-state index < -0.39 is 15.1 Å². The molecule has 1 saturated carbocycles. The van der Waals surface area contributed by atoms with E-state index in [0.717, 1.165) is 19.3 Å². The molecule has 2 unspecified atom stereocenters. The zero-order chi connectivity index (χ0) is 31.3. The fourth-order valence-corrected chi connectivity index (χ4v) is 6.20. The minimum atomic E-state index is -3.61. The predicted molar refractivity (Wildman–Crippen MR) is 167 cm³/mol. The lowest BCUT2D eigenvalue weighted by molar-refractivity contribution is -0.119. The summed E-state index contributed by atoms with van der Waals surface area (Å²) in [6, 6.07) is 11.3. The van der Waals surface area contributed by atoms with Crippen LogP contribution in [0.5, 0.6) is 5.75 Å². The molecule has 2 aromatic carbocycles. The SMILES string of the molecule is COc1cc(C(=O)NC2CCCC(NC(C)=O)C2)ccc1Nc1nc(N)c(Cl)c(Nc2ccccc2S(=O)(=O)C(C)C)n1. The van der Waals surface area contributed by atoms with E-state index in [-0.39, 0.29) is 57.1 Å². The quantitative estimate of drug-likeness (QED) is 0.213. The van der Waals surface area contributed by atoms with E-state index in [1.165, 1.54) is 20.1 Å². The molecular weight excluding hydrogens is 594 g/mol. The second-order valence-electron chi connectivity index (χ2n) is 10.6. The van der Waals surface area contributed by atoms with Gasteiger partial charge in [0.15, 0.2) is 15.7 Å². The molecule has 1 aliphatic rings. The van der Waals surface area contributed by atoms with E-state index in [4.69, 9.17) is 22.1 Å². The van der Waals surface area contributed by atoms with Crippen molar-refractivity contribution in [3.8, 4) is 5.75 Å². The van der Waals surface area contributed by atoms with Crippen molar-refractivity contribution in [1.29, 1.82) is 0 Å². The number of aromatic nitrogens is 2. The largest absolute Gasteiger partial charge is 0.495 e. The lowest BCUT2D eigenvalue weighted by Gasteiger charge is -2.30. The van der Waals surface area contributed by atoms with Crippen molar-refractivity contribution in [2.75, 3.05) is 23.5 Å². The zero-order valence-electron chi connectivity index (χ0n) is 24.4. The second kappa shape index (κ2) is 13.5. The first-order valence-corrected chi connectivity index (χ1v) is 15.8. The highest BCUT2D eigenvalue weighted by molar-refractivity contribution is 7.92. The maximum Gasteiger partial charge on any atom is 0.251 e. The maximum atomic E-state index is 13.0. The number of hydrogen-bond donors (Lipinski definition) is 5. The molecule has 0 saturated heterocycles. The van der Waals surface area contributed by atoms with Gasteiger partial charge in [-0.2, -0.15) is 9.97 Å². The standard InChI is InChI=1S/C29H36ClN7O5S/c1-16(2)43(40,41)24-11-6-5-10-22(24)34-27-25(30)26(31)36-29(37-27)35-21-13-12-18(14-23(21)42-4)28(39)33-20-9-7-8-19(15-20)32-17(3)38/h5-6,10-14,16,19-20H,7-9,15H2,1-4H3,(H,32,38)(H,33,39)(H4,31,34,35,36,37). The first-order valence-electron chi connectivity index (χ1n) is 13.8. The average Bonchev–Trinajstić information content (AvgIpc) is 2.95. The molecule has 2 amide bonds. The van der Waals surface area contributed by atoms with Gasteiger partial charge >= 0.3 is 0 Å². The van der Waals surface area contributed by atoms with Crippen LogP contribution in [0.2, 0.25) is 5.02 Å². The molecule has 12 nitrogen and oxygen atoms in total. The highest BCUT2D eigenvalue weighted by Crippen LogP contribution is 2.34. The highest BCUT2D eigenvalue weighted by atomic mass is 35.5. The molecule has 1 aromatic heterocycles. The molecule has 230 valence electrons. The van der Waals surface area contributed by atoms with Gasteiger partial charge in [0, 0.05) is 24.6 Å². The highest BCUT2D eigenvalue weighted by Gasteiger charge is 2.25. The first-order chi connectivity index (χ1) is 20.4. The van der Waals surface area contributed by atoms with Gasteiger partial charge in [0.25, 0.3) is 5.91 Å². The van der Waals surface area contributed by atoms with Crippen LogP contribution in [0.15, 0.2) is 47.4 Å². The molecule has 14 heteroatoms. The Morgan fingerprint density at radius 1 is 1.02 bits per heavy atom. The van der Waals surface area contributed by atoms with Gasteiger partial charge in [-0.15, -0.1) is 0 Å². The first kappa shape index (κ1) is 31.8. The monoisotopic (exact) mass is 629 g/mol. The van der Waals surface area contributed by atoms with Crippen LogP contribution in [0, 0.1) is 0 Å². The number of nitrogens with one attached hydrogen (secondary N) is 4. The van der Waals surface area contributed by atoms with Crippen LogP contribution in [0.3, 0.4) is 0 Å². The van der Waals surface area contributed by atoms with Gasteiger partial charge in [-0.05, 0) is 69.9 Å². The minimum Gasteiger partial charge on any atom is -0.495 e. The Morgan fingerprint density at radius 2 is 1.72 bits per heavy atom. The van der Waals surface area contributed by atoms with Gasteiger partial charge in [-0.3, -0.25) is 9.59 Å². The molecule has 0 bridgehead atoms. The van der Waals surface area contributed by atoms with Crippen LogP contribution in [-0.2, 0) is 14.6 Å². The third-order valence-electron chi connectivity index (χ3n) is 7.07. The Hall–Kier alpha value is -4.10. The van der Waals surface area contributed by atoms with Crippen LogP contribution in [-0.4, -0.2) is 54.6 Å². The Morgan fingerprint density at radius 3 is 2.40 bits per heavy atom. The summed E-state index contributed by atoms with van der Waals surface area (Å²) in [5.74, 6) is 0.145. The van der Waals surface area contributed by atoms with Gasteiger partial charge in [0.1, 0.15) is 16.6 Å². The Bertz CT molecular complexity index is 1620. The van der Waals surface area contributed by atoms with Crippen LogP contribution < -0.4 is 31.7 Å². The summed E-state index contributed by atoms with van der Waals surface area (Å²) in [5, 5.41) is 11.4. The van der Waals surface area contributed by atoms with Gasteiger partial charge < -0.3 is 31.7 Å². The summed E-state index contributed by atoms with van der Waals surface area (Å²) in [4.78, 5) is 33.2. The number of sulfone groups is 1. The van der Waals surface area contributed by atoms with Crippen molar-refractivity contribution >= 4 is 62.2 Å². The molecule has 1 fully saturated rings. The summed E-state index contributed by atoms with van der Waals surface area (Å²) in [6.07, 6.45) is 3.29. The van der Waals surface area contributed by atoms with Crippen LogP contribution in [0.4, 0.5) is 29.0 Å². The number of carbonyl (C=O) groups excluding carboxylic acids is 2. The van der Waals surface area contributed by atoms with Crippen molar-refractivity contribution < 1.29 is 22.7 Å². The Kier molecular flexibility index (Phi) is 9.97. The third kappa shape index (κ3) is 7.65. The van der Waals surface area contributed by atoms with Crippen LogP contribution >= 0.6 is 11.6 Å². The number of hydrogen-bond acceptors (Lipinski definition) is 10. The molecule has 0 aliphatic heterocycles. The average molecular weight is 630 g/mol. The molecule has 1 aliphatic carbocycles. The number of benzene rings is 2. The number of ether oxygens (including phenoxy) is 1. The summed E-state index contributed by atoms with van der Waals surface area (Å²) in [5.41, 5.74) is 7.21. The van der Waals surface area contributed by atoms with Crippen molar-refractivity contribution in [3.05, 3.63) is 53.1 Å². The topological polar surface area (TPSA) is 177 Å². The fraction of sp³-hybridized carbons (Fsp3) is 0.379. The van der Waals surface area contributed by atoms with Crippen molar-refractivity contribution in [2.24, 2.45) is 0 Å². The molecule has 43 heavy (non-hydrogen) atoms. The summed E-state index contributed by atoms with van der Waals surface area (Å²) >= 11 is 6.40. The Labute approximate surface area is 256 Å². The molecule has 2 atom stereocenters. The van der Waals surface area contributed by atoms with Crippen LogP contribution in [0.1, 0.15) is 56.8 Å². The number of anilines is 5. The number of halogens is 1. The molecule has 6 N–H and O–H groups in total. The van der Waals surface area contributed by atoms with Crippen LogP contribution in [0.25, 0.3) is 0 Å². The number of nitrogens with zero attached hydrogens (tertiary/aromatic N) is 2. The van der Waals surface area contributed by atoms with E-state index in [2.05, 4.69) is 31.2 Å². The number of nitrogens with two attached hydrogens (primary N) is 1. The van der Waals surface area contributed by atoms with Gasteiger partial charge in [0.05, 0.1) is 28.6 Å². The van der Waals surface area contributed by atoms with E-state index in [0.29, 0.717) is 23.4 Å². The number of methoxy groups -OCH3 is 1. The summed E-state index contributed by atoms with van der Waals surface area (Å²) in [7, 11) is -2.14. The molecule has 1 heterocycles. The van der Waals surface area contributed by atoms with E-state index in [1.807, 2.05) is 0 Å². The number of rotatable bonds is 10. The minimum absolute atomic E-state index is 0.0183. The fourth-order valence-electron chi connectivity index (χ4n) is 4.87. The maximum absolute atomic E-state index is 13.0. The predicted octanol–water partition coefficient (Wildman–Crippen LogP) is 4.57. The second-order valence-corrected chi connectivity index (χ2v) is 13.4. The van der Waals surface area contributed by atoms with Crippen molar-refractivity contribution in [2.45, 2.75) is 68.7 Å². The lowest BCUT2D eigenvalue weighted by Crippen LogP contribution is -2.45. The van der Waals surface area contributed by atoms with Gasteiger partial charge in [-0.25, -0.2) is 8.42 Å². The van der Waals surface area contributed by atoms with E-state index in [1.54, 1.807) is 50.2 Å². The smallest absolute Gasteiger partial charge is 0.251 e. The van der Waals surface area contributed by atoms with E-state index in [9.17, 15) is 18.0 Å². The number of para-hydroxylation sites is 1. The summed E-state index contributed by atoms with van der Waals surface area (Å²) < 4.78 is 31.4. The van der Waals surface area contributed by atoms with E-state index >= 15 is 0 Å². The zero-order valence-corrected chi connectivity index (χ0v) is 26.0. The molecular formula is C29H36ClN7O5S. The number of nitrogen functional groups attached to an aromatic ring is 1.